The van der Waals surface area contributed by atoms with E-state index in [1.165, 1.54) is 12.0 Å². The van der Waals surface area contributed by atoms with Gasteiger partial charge in [0.2, 0.25) is 6.54 Å². The lowest BCUT2D eigenvalue weighted by atomic mass is 9.64. The van der Waals surface area contributed by atoms with Gasteiger partial charge in [-0.25, -0.2) is 4.79 Å². The second-order valence-electron chi connectivity index (χ2n) is 8.55. The van der Waals surface area contributed by atoms with Gasteiger partial charge in [-0.3, -0.25) is 0 Å². The Morgan fingerprint density at radius 2 is 1.79 bits per heavy atom. The highest BCUT2D eigenvalue weighted by molar-refractivity contribution is 5.67. The largest absolute Gasteiger partial charge is 0.496 e. The smallest absolute Gasteiger partial charge is 0.372 e. The van der Waals surface area contributed by atoms with Crippen molar-refractivity contribution in [3.8, 4) is 5.75 Å². The van der Waals surface area contributed by atoms with Crippen molar-refractivity contribution in [1.82, 2.24) is 0 Å². The van der Waals surface area contributed by atoms with E-state index in [2.05, 4.69) is 45.0 Å². The van der Waals surface area contributed by atoms with Gasteiger partial charge in [0, 0.05) is 18.1 Å². The Balaban J connectivity index is 1.72. The van der Waals surface area contributed by atoms with E-state index in [9.17, 15) is 4.79 Å². The Kier molecular flexibility index (Phi) is 6.38. The van der Waals surface area contributed by atoms with Crippen LogP contribution in [0.15, 0.2) is 54.9 Å². The van der Waals surface area contributed by atoms with Crippen LogP contribution >= 0.6 is 0 Å². The summed E-state index contributed by atoms with van der Waals surface area (Å²) in [7, 11) is 1.63. The fourth-order valence-electron chi connectivity index (χ4n) is 4.41. The minimum absolute atomic E-state index is 0.0421. The molecule has 2 aromatic rings. The third-order valence-electron chi connectivity index (χ3n) is 6.19. The van der Waals surface area contributed by atoms with Crippen LogP contribution in [0.5, 0.6) is 5.75 Å². The topological polar surface area (TPSA) is 39.4 Å². The molecule has 0 unspecified atom stereocenters. The Bertz CT molecular complexity index is 770. The van der Waals surface area contributed by atoms with E-state index in [0.29, 0.717) is 11.8 Å². The van der Waals surface area contributed by atoms with Crippen molar-refractivity contribution in [2.75, 3.05) is 7.11 Å². The van der Waals surface area contributed by atoms with Gasteiger partial charge in [0.05, 0.1) is 7.11 Å². The molecule has 28 heavy (non-hydrogen) atoms. The monoisotopic (exact) mass is 382 g/mol. The average Bonchev–Trinajstić information content (AvgIpc) is 2.69. The van der Waals surface area contributed by atoms with Crippen molar-refractivity contribution in [2.45, 2.75) is 58.1 Å². The van der Waals surface area contributed by atoms with Gasteiger partial charge in [0.1, 0.15) is 11.9 Å². The molecule has 0 radical (unpaired) electrons. The number of esters is 1. The summed E-state index contributed by atoms with van der Waals surface area (Å²) in [6.07, 6.45) is 6.83. The number of hydrogen-bond acceptors (Lipinski definition) is 3. The summed E-state index contributed by atoms with van der Waals surface area (Å²) >= 11 is 0. The summed E-state index contributed by atoms with van der Waals surface area (Å²) in [5.74, 6) is 1.49. The molecule has 1 aromatic carbocycles. The third-order valence-corrected chi connectivity index (χ3v) is 6.19. The molecule has 0 spiro atoms. The summed E-state index contributed by atoms with van der Waals surface area (Å²) < 4.78 is 13.1. The number of ether oxygens (including phenoxy) is 2. The number of nitrogens with zero attached hydrogens (tertiary/aromatic N) is 1. The number of carbonyl (C=O) groups excluding carboxylic acids is 1. The molecule has 0 bridgehead atoms. The van der Waals surface area contributed by atoms with E-state index in [1.807, 2.05) is 35.2 Å². The van der Waals surface area contributed by atoms with Crippen LogP contribution in [-0.4, -0.2) is 19.2 Å². The minimum atomic E-state index is -0.178. The average molecular weight is 383 g/mol. The van der Waals surface area contributed by atoms with Crippen LogP contribution in [0.2, 0.25) is 0 Å². The SMILES string of the molecule is COc1cc[n+](CC(=O)O[C@@H]2C[C@H](C)CC[C@H]2C(C)(C)c2ccccc2)cc1. The van der Waals surface area contributed by atoms with Gasteiger partial charge in [0.25, 0.3) is 0 Å². The fourth-order valence-corrected chi connectivity index (χ4v) is 4.41. The minimum Gasteiger partial charge on any atom is -0.496 e. The molecule has 0 N–H and O–H groups in total. The van der Waals surface area contributed by atoms with E-state index < -0.39 is 0 Å². The van der Waals surface area contributed by atoms with Crippen LogP contribution in [0.4, 0.5) is 0 Å². The molecule has 1 saturated carbocycles. The molecule has 3 rings (SSSR count). The molecule has 3 atom stereocenters. The normalized spacial score (nSPS) is 22.5. The molecule has 0 saturated heterocycles. The van der Waals surface area contributed by atoms with Crippen LogP contribution < -0.4 is 9.30 Å². The molecular formula is C24H32NO3+. The molecule has 1 fully saturated rings. The Labute approximate surface area is 168 Å². The number of hydrogen-bond donors (Lipinski definition) is 0. The van der Waals surface area contributed by atoms with Gasteiger partial charge in [-0.2, -0.15) is 4.57 Å². The molecule has 1 aliphatic rings. The first-order valence-corrected chi connectivity index (χ1v) is 10.2. The third kappa shape index (κ3) is 4.73. The summed E-state index contributed by atoms with van der Waals surface area (Å²) in [6.45, 7) is 7.03. The van der Waals surface area contributed by atoms with Gasteiger partial charge in [-0.15, -0.1) is 0 Å². The molecule has 1 aliphatic carbocycles. The van der Waals surface area contributed by atoms with Crippen molar-refractivity contribution in [3.05, 3.63) is 60.4 Å². The zero-order valence-electron chi connectivity index (χ0n) is 17.4. The van der Waals surface area contributed by atoms with Crippen molar-refractivity contribution in [2.24, 2.45) is 11.8 Å². The van der Waals surface area contributed by atoms with Gasteiger partial charge in [-0.1, -0.05) is 57.5 Å². The number of carbonyl (C=O) groups is 1. The van der Waals surface area contributed by atoms with E-state index in [-0.39, 0.29) is 24.0 Å². The number of rotatable bonds is 6. The van der Waals surface area contributed by atoms with Crippen molar-refractivity contribution in [3.63, 3.8) is 0 Å². The molecular weight excluding hydrogens is 350 g/mol. The van der Waals surface area contributed by atoms with Crippen LogP contribution in [0.1, 0.15) is 45.6 Å². The number of benzene rings is 1. The predicted octanol–water partition coefficient (Wildman–Crippen LogP) is 4.31. The number of pyridine rings is 1. The molecule has 4 nitrogen and oxygen atoms in total. The maximum Gasteiger partial charge on any atom is 0.372 e. The summed E-state index contributed by atoms with van der Waals surface area (Å²) in [5, 5.41) is 0. The summed E-state index contributed by atoms with van der Waals surface area (Å²) in [4.78, 5) is 12.7. The Hall–Kier alpha value is -2.36. The van der Waals surface area contributed by atoms with E-state index in [4.69, 9.17) is 9.47 Å². The van der Waals surface area contributed by atoms with E-state index >= 15 is 0 Å². The fraction of sp³-hybridized carbons (Fsp3) is 0.500. The maximum atomic E-state index is 12.7. The molecule has 1 aromatic heterocycles. The molecule has 1 heterocycles. The quantitative estimate of drug-likeness (QED) is 0.552. The highest BCUT2D eigenvalue weighted by atomic mass is 16.5. The molecule has 0 amide bonds. The highest BCUT2D eigenvalue weighted by Crippen LogP contribution is 2.43. The Morgan fingerprint density at radius 3 is 2.43 bits per heavy atom. The van der Waals surface area contributed by atoms with Crippen LogP contribution in [-0.2, 0) is 21.5 Å². The van der Waals surface area contributed by atoms with Gasteiger partial charge < -0.3 is 9.47 Å². The predicted molar refractivity (Wildman–Crippen MR) is 109 cm³/mol. The van der Waals surface area contributed by atoms with Crippen molar-refractivity contribution >= 4 is 5.97 Å². The lowest BCUT2D eigenvalue weighted by Crippen LogP contribution is -2.45. The zero-order chi connectivity index (χ0) is 20.1. The first-order chi connectivity index (χ1) is 13.4. The lowest BCUT2D eigenvalue weighted by molar-refractivity contribution is -0.686. The van der Waals surface area contributed by atoms with E-state index in [0.717, 1.165) is 18.6 Å². The first-order valence-electron chi connectivity index (χ1n) is 10.2. The van der Waals surface area contributed by atoms with Crippen molar-refractivity contribution in [1.29, 1.82) is 0 Å². The summed E-state index contributed by atoms with van der Waals surface area (Å²) in [6, 6.07) is 14.3. The van der Waals surface area contributed by atoms with Gasteiger partial charge >= 0.3 is 5.97 Å². The van der Waals surface area contributed by atoms with Crippen molar-refractivity contribution < 1.29 is 18.8 Å². The number of methoxy groups -OCH3 is 1. The molecule has 150 valence electrons. The number of aromatic nitrogens is 1. The lowest BCUT2D eigenvalue weighted by Gasteiger charge is -2.43. The molecule has 4 heteroatoms. The second-order valence-corrected chi connectivity index (χ2v) is 8.55. The first kappa shape index (κ1) is 20.4. The van der Waals surface area contributed by atoms with Crippen LogP contribution in [0.25, 0.3) is 0 Å². The van der Waals surface area contributed by atoms with Crippen LogP contribution in [0, 0.1) is 11.8 Å². The Morgan fingerprint density at radius 1 is 1.11 bits per heavy atom. The van der Waals surface area contributed by atoms with Gasteiger partial charge in [-0.05, 0) is 29.7 Å². The molecule has 0 aliphatic heterocycles. The van der Waals surface area contributed by atoms with E-state index in [1.54, 1.807) is 7.11 Å². The van der Waals surface area contributed by atoms with Crippen LogP contribution in [0.3, 0.4) is 0 Å². The zero-order valence-corrected chi connectivity index (χ0v) is 17.4. The standard InChI is InChI=1S/C24H32NO3/c1-18-10-11-21(24(2,3)19-8-6-5-7-9-19)22(16-18)28-23(26)17-25-14-12-20(27-4)13-15-25/h5-9,12-15,18,21-22H,10-11,16-17H2,1-4H3/q+1/t18-,21-,22-/m1/s1. The summed E-state index contributed by atoms with van der Waals surface area (Å²) in [5.41, 5.74) is 1.26. The second kappa shape index (κ2) is 8.76. The van der Waals surface area contributed by atoms with Gasteiger partial charge in [0.15, 0.2) is 12.4 Å². The maximum absolute atomic E-state index is 12.7. The highest BCUT2D eigenvalue weighted by Gasteiger charge is 2.42.